The molecule has 0 atom stereocenters. The summed E-state index contributed by atoms with van der Waals surface area (Å²) in [4.78, 5) is 23.0. The van der Waals surface area contributed by atoms with E-state index in [1.54, 1.807) is 7.11 Å². The molecule has 1 amide bonds. The normalized spacial score (nSPS) is 11.6. The minimum absolute atomic E-state index is 0.0806. The highest BCUT2D eigenvalue weighted by molar-refractivity contribution is 9.10. The lowest BCUT2D eigenvalue weighted by Crippen LogP contribution is -2.17. The monoisotopic (exact) mass is 589 g/mol. The third-order valence-electron chi connectivity index (χ3n) is 6.91. The lowest BCUT2D eigenvalue weighted by atomic mass is 9.92. The van der Waals surface area contributed by atoms with E-state index < -0.39 is 0 Å². The van der Waals surface area contributed by atoms with E-state index in [9.17, 15) is 4.79 Å². The number of nitrogens with one attached hydrogen (secondary N) is 2. The van der Waals surface area contributed by atoms with Crippen LogP contribution in [0.3, 0.4) is 0 Å². The SMILES string of the molecule is CC.CCc1cccc(CC)c1NC(=O)c1cn(C)c2c1CCc1cnc(Nc3ccc(Br)cc3OC)nc1-2. The van der Waals surface area contributed by atoms with E-state index in [0.717, 1.165) is 75.2 Å². The van der Waals surface area contributed by atoms with E-state index in [-0.39, 0.29) is 5.91 Å². The molecule has 2 aromatic carbocycles. The number of fused-ring (bicyclic) bond motifs is 3. The molecular formula is C31H36BrN5O2. The molecule has 4 aromatic rings. The van der Waals surface area contributed by atoms with Crippen LogP contribution in [0.1, 0.15) is 60.3 Å². The Labute approximate surface area is 239 Å². The van der Waals surface area contributed by atoms with Crippen molar-refractivity contribution in [3.8, 4) is 17.1 Å². The van der Waals surface area contributed by atoms with Crippen molar-refractivity contribution in [2.45, 2.75) is 53.4 Å². The van der Waals surface area contributed by atoms with Crippen LogP contribution in [0, 0.1) is 0 Å². The number of para-hydroxylation sites is 1. The number of hydrogen-bond donors (Lipinski definition) is 2. The maximum Gasteiger partial charge on any atom is 0.257 e. The Balaban J connectivity index is 0.00000172. The minimum atomic E-state index is -0.0806. The van der Waals surface area contributed by atoms with Gasteiger partial charge in [-0.25, -0.2) is 9.97 Å². The summed E-state index contributed by atoms with van der Waals surface area (Å²) < 4.78 is 8.43. The summed E-state index contributed by atoms with van der Waals surface area (Å²) in [5.41, 5.74) is 8.59. The second-order valence-corrected chi connectivity index (χ2v) is 10.0. The highest BCUT2D eigenvalue weighted by Crippen LogP contribution is 2.37. The summed E-state index contributed by atoms with van der Waals surface area (Å²) >= 11 is 3.47. The number of halogens is 1. The van der Waals surface area contributed by atoms with Crippen LogP contribution in [0.2, 0.25) is 0 Å². The van der Waals surface area contributed by atoms with Gasteiger partial charge in [0.25, 0.3) is 5.91 Å². The molecule has 0 unspecified atom stereocenters. The Kier molecular flexibility index (Phi) is 9.07. The van der Waals surface area contributed by atoms with Crippen LogP contribution in [0.5, 0.6) is 5.75 Å². The second-order valence-electron chi connectivity index (χ2n) is 9.13. The first-order chi connectivity index (χ1) is 18.9. The van der Waals surface area contributed by atoms with Crippen molar-refractivity contribution in [3.63, 3.8) is 0 Å². The number of aryl methyl sites for hydroxylation is 4. The molecule has 0 spiro atoms. The topological polar surface area (TPSA) is 81.1 Å². The van der Waals surface area contributed by atoms with Gasteiger partial charge >= 0.3 is 0 Å². The van der Waals surface area contributed by atoms with Gasteiger partial charge in [-0.3, -0.25) is 4.79 Å². The van der Waals surface area contributed by atoms with E-state index >= 15 is 0 Å². The number of carbonyl (C=O) groups is 1. The van der Waals surface area contributed by atoms with Gasteiger partial charge in [0.15, 0.2) is 0 Å². The number of nitrogens with zero attached hydrogens (tertiary/aromatic N) is 3. The molecule has 39 heavy (non-hydrogen) atoms. The predicted octanol–water partition coefficient (Wildman–Crippen LogP) is 7.50. The molecule has 8 heteroatoms. The van der Waals surface area contributed by atoms with Gasteiger partial charge in [0.05, 0.1) is 29.7 Å². The zero-order valence-corrected chi connectivity index (χ0v) is 25.1. The fraction of sp³-hybridized carbons (Fsp3) is 0.323. The third-order valence-corrected chi connectivity index (χ3v) is 7.40. The van der Waals surface area contributed by atoms with Gasteiger partial charge < -0.3 is 19.9 Å². The Morgan fingerprint density at radius 3 is 2.49 bits per heavy atom. The van der Waals surface area contributed by atoms with Crippen molar-refractivity contribution in [1.82, 2.24) is 14.5 Å². The highest BCUT2D eigenvalue weighted by atomic mass is 79.9. The molecule has 0 bridgehead atoms. The molecule has 2 heterocycles. The van der Waals surface area contributed by atoms with Gasteiger partial charge in [-0.05, 0) is 66.1 Å². The fourth-order valence-corrected chi connectivity index (χ4v) is 5.36. The molecule has 0 radical (unpaired) electrons. The number of benzene rings is 2. The Morgan fingerprint density at radius 2 is 1.82 bits per heavy atom. The Hall–Kier alpha value is -3.65. The van der Waals surface area contributed by atoms with Crippen molar-refractivity contribution >= 4 is 39.2 Å². The van der Waals surface area contributed by atoms with E-state index in [0.29, 0.717) is 17.3 Å². The van der Waals surface area contributed by atoms with E-state index in [1.807, 2.05) is 56.1 Å². The lowest BCUT2D eigenvalue weighted by molar-refractivity contribution is 0.102. The highest BCUT2D eigenvalue weighted by Gasteiger charge is 2.28. The summed E-state index contributed by atoms with van der Waals surface area (Å²) in [6.45, 7) is 8.22. The van der Waals surface area contributed by atoms with Crippen LogP contribution in [0.4, 0.5) is 17.3 Å². The number of amides is 1. The molecule has 0 saturated heterocycles. The van der Waals surface area contributed by atoms with Gasteiger partial charge in [-0.15, -0.1) is 0 Å². The number of carbonyl (C=O) groups excluding carboxylic acids is 1. The molecule has 204 valence electrons. The number of ether oxygens (including phenoxy) is 1. The number of aromatic nitrogens is 3. The second kappa shape index (κ2) is 12.5. The van der Waals surface area contributed by atoms with Gasteiger partial charge in [0, 0.05) is 29.6 Å². The first-order valence-corrected chi connectivity index (χ1v) is 14.3. The van der Waals surface area contributed by atoms with Gasteiger partial charge in [0.2, 0.25) is 5.95 Å². The largest absolute Gasteiger partial charge is 0.495 e. The van der Waals surface area contributed by atoms with Crippen molar-refractivity contribution in [1.29, 1.82) is 0 Å². The molecule has 2 N–H and O–H groups in total. The van der Waals surface area contributed by atoms with Crippen LogP contribution in [-0.2, 0) is 32.7 Å². The summed E-state index contributed by atoms with van der Waals surface area (Å²) in [6, 6.07) is 12.0. The quantitative estimate of drug-likeness (QED) is 0.233. The van der Waals surface area contributed by atoms with Crippen molar-refractivity contribution in [2.24, 2.45) is 7.05 Å². The average Bonchev–Trinajstić information content (AvgIpc) is 3.31. The van der Waals surface area contributed by atoms with Crippen LogP contribution in [0.15, 0.2) is 53.3 Å². The molecule has 7 nitrogen and oxygen atoms in total. The van der Waals surface area contributed by atoms with Crippen molar-refractivity contribution in [2.75, 3.05) is 17.7 Å². The Morgan fingerprint density at radius 1 is 1.10 bits per heavy atom. The van der Waals surface area contributed by atoms with Crippen LogP contribution >= 0.6 is 15.9 Å². The van der Waals surface area contributed by atoms with E-state index in [1.165, 1.54) is 0 Å². The van der Waals surface area contributed by atoms with Gasteiger partial charge in [0.1, 0.15) is 5.75 Å². The predicted molar refractivity (Wildman–Crippen MR) is 162 cm³/mol. The maximum absolute atomic E-state index is 13.6. The smallest absolute Gasteiger partial charge is 0.257 e. The first kappa shape index (κ1) is 28.4. The van der Waals surface area contributed by atoms with Crippen molar-refractivity contribution < 1.29 is 9.53 Å². The van der Waals surface area contributed by atoms with Crippen molar-refractivity contribution in [3.05, 3.63) is 81.1 Å². The fourth-order valence-electron chi connectivity index (χ4n) is 5.02. The lowest BCUT2D eigenvalue weighted by Gasteiger charge is -2.19. The third kappa shape index (κ3) is 5.71. The summed E-state index contributed by atoms with van der Waals surface area (Å²) in [7, 11) is 3.60. The Bertz CT molecular complexity index is 1470. The van der Waals surface area contributed by atoms with Crippen LogP contribution < -0.4 is 15.4 Å². The zero-order chi connectivity index (χ0) is 28.1. The zero-order valence-electron chi connectivity index (χ0n) is 23.5. The molecule has 1 aliphatic carbocycles. The molecule has 0 saturated carbocycles. The molecule has 0 fully saturated rings. The molecule has 0 aliphatic heterocycles. The van der Waals surface area contributed by atoms with Crippen LogP contribution in [0.25, 0.3) is 11.4 Å². The number of methoxy groups -OCH3 is 1. The number of rotatable bonds is 7. The average molecular weight is 591 g/mol. The molecule has 1 aliphatic rings. The van der Waals surface area contributed by atoms with Gasteiger partial charge in [-0.2, -0.15) is 0 Å². The maximum atomic E-state index is 13.6. The van der Waals surface area contributed by atoms with Gasteiger partial charge in [-0.1, -0.05) is 61.8 Å². The number of anilines is 3. The van der Waals surface area contributed by atoms with E-state index in [2.05, 4.69) is 63.6 Å². The minimum Gasteiger partial charge on any atom is -0.495 e. The van der Waals surface area contributed by atoms with Crippen LogP contribution in [-0.4, -0.2) is 27.6 Å². The summed E-state index contributed by atoms with van der Waals surface area (Å²) in [5, 5.41) is 6.51. The molecule has 5 rings (SSSR count). The summed E-state index contributed by atoms with van der Waals surface area (Å²) in [5.74, 6) is 1.08. The molecule has 2 aromatic heterocycles. The molecular weight excluding hydrogens is 554 g/mol. The van der Waals surface area contributed by atoms with E-state index in [4.69, 9.17) is 9.72 Å². The first-order valence-electron chi connectivity index (χ1n) is 13.5. The number of hydrogen-bond acceptors (Lipinski definition) is 5. The summed E-state index contributed by atoms with van der Waals surface area (Å²) in [6.07, 6.45) is 7.05. The standard InChI is InChI=1S/C29H30BrN5O2.C2H6/c1-5-17-8-7-9-18(6-2)25(17)33-28(36)22-16-35(3)27-21(22)12-10-19-15-31-29(34-26(19)27)32-23-13-11-20(30)14-24(23)37-4;1-2/h7-9,11,13-16H,5-6,10,12H2,1-4H3,(H,33,36)(H,31,32,34);1-2H3.